The Hall–Kier alpha value is -1.56. The number of nitrogens with one attached hydrogen (secondary N) is 2. The molecule has 0 radical (unpaired) electrons. The van der Waals surface area contributed by atoms with E-state index in [4.69, 9.17) is 9.84 Å². The fourth-order valence-corrected chi connectivity index (χ4v) is 1.55. The molecule has 0 aromatic rings. The van der Waals surface area contributed by atoms with Gasteiger partial charge >= 0.3 is 12.0 Å². The molecule has 0 saturated carbocycles. The molecule has 0 aliphatic heterocycles. The third-order valence-electron chi connectivity index (χ3n) is 2.44. The Balaban J connectivity index is 3.97. The molecule has 2 amide bonds. The molecule has 3 N–H and O–H groups in total. The van der Waals surface area contributed by atoms with Crippen molar-refractivity contribution >= 4 is 12.0 Å². The number of carbonyl (C=O) groups is 2. The second kappa shape index (κ2) is 10.4. The minimum Gasteiger partial charge on any atom is -0.481 e. The molecule has 19 heavy (non-hydrogen) atoms. The highest BCUT2D eigenvalue weighted by Gasteiger charge is 2.15. The Kier molecular flexibility index (Phi) is 9.52. The first kappa shape index (κ1) is 17.4. The zero-order chi connectivity index (χ0) is 14.7. The van der Waals surface area contributed by atoms with Crippen LogP contribution >= 0.6 is 0 Å². The summed E-state index contributed by atoms with van der Waals surface area (Å²) < 4.78 is 5.30. The summed E-state index contributed by atoms with van der Waals surface area (Å²) in [5.41, 5.74) is 0. The van der Waals surface area contributed by atoms with Crippen molar-refractivity contribution in [1.82, 2.24) is 10.6 Å². The van der Waals surface area contributed by atoms with E-state index in [0.29, 0.717) is 19.6 Å². The highest BCUT2D eigenvalue weighted by molar-refractivity contribution is 5.75. The van der Waals surface area contributed by atoms with Crippen molar-refractivity contribution in [1.29, 1.82) is 0 Å². The number of urea groups is 1. The number of aliphatic carboxylic acids is 1. The molecule has 0 fully saturated rings. The molecule has 110 valence electrons. The van der Waals surface area contributed by atoms with E-state index in [1.807, 2.05) is 13.8 Å². The molecule has 0 aliphatic carbocycles. The lowest BCUT2D eigenvalue weighted by Crippen LogP contribution is -2.45. The van der Waals surface area contributed by atoms with Gasteiger partial charge in [-0.1, -0.05) is 19.4 Å². The Morgan fingerprint density at radius 3 is 2.68 bits per heavy atom. The van der Waals surface area contributed by atoms with Gasteiger partial charge in [-0.25, -0.2) is 4.79 Å². The number of carbonyl (C=O) groups excluding carboxylic acids is 1. The second-order valence-electron chi connectivity index (χ2n) is 4.37. The maximum atomic E-state index is 11.6. The Morgan fingerprint density at radius 1 is 1.47 bits per heavy atom. The summed E-state index contributed by atoms with van der Waals surface area (Å²) in [6.45, 7) is 8.12. The smallest absolute Gasteiger partial charge is 0.315 e. The van der Waals surface area contributed by atoms with Gasteiger partial charge in [-0.2, -0.15) is 0 Å². The van der Waals surface area contributed by atoms with E-state index in [1.54, 1.807) is 6.08 Å². The van der Waals surface area contributed by atoms with Crippen LogP contribution in [-0.4, -0.2) is 42.4 Å². The lowest BCUT2D eigenvalue weighted by atomic mass is 10.1. The van der Waals surface area contributed by atoms with Crippen molar-refractivity contribution in [3.05, 3.63) is 12.7 Å². The van der Waals surface area contributed by atoms with Crippen LogP contribution in [0.1, 0.15) is 33.1 Å². The average molecular weight is 272 g/mol. The molecule has 0 bridgehead atoms. The van der Waals surface area contributed by atoms with E-state index in [9.17, 15) is 9.59 Å². The first-order valence-electron chi connectivity index (χ1n) is 6.48. The van der Waals surface area contributed by atoms with Gasteiger partial charge in [-0.05, 0) is 13.3 Å². The van der Waals surface area contributed by atoms with E-state index >= 15 is 0 Å². The summed E-state index contributed by atoms with van der Waals surface area (Å²) in [7, 11) is 0. The van der Waals surface area contributed by atoms with E-state index in [1.165, 1.54) is 0 Å². The quantitative estimate of drug-likeness (QED) is 0.526. The number of hydrogen-bond acceptors (Lipinski definition) is 3. The van der Waals surface area contributed by atoms with Crippen molar-refractivity contribution in [3.63, 3.8) is 0 Å². The molecular weight excluding hydrogens is 248 g/mol. The van der Waals surface area contributed by atoms with Gasteiger partial charge in [-0.3, -0.25) is 4.79 Å². The largest absolute Gasteiger partial charge is 0.481 e. The lowest BCUT2D eigenvalue weighted by molar-refractivity contribution is -0.137. The molecule has 0 heterocycles. The third-order valence-corrected chi connectivity index (χ3v) is 2.44. The molecule has 0 aromatic carbocycles. The van der Waals surface area contributed by atoms with Crippen LogP contribution < -0.4 is 10.6 Å². The van der Waals surface area contributed by atoms with Crippen LogP contribution in [0.2, 0.25) is 0 Å². The predicted octanol–water partition coefficient (Wildman–Crippen LogP) is 1.52. The summed E-state index contributed by atoms with van der Waals surface area (Å²) in [6.07, 6.45) is 2.91. The van der Waals surface area contributed by atoms with Gasteiger partial charge in [0.1, 0.15) is 0 Å². The predicted molar refractivity (Wildman–Crippen MR) is 73.1 cm³/mol. The molecule has 2 atom stereocenters. The van der Waals surface area contributed by atoms with Gasteiger partial charge in [0.2, 0.25) is 0 Å². The summed E-state index contributed by atoms with van der Waals surface area (Å²) in [4.78, 5) is 22.2. The summed E-state index contributed by atoms with van der Waals surface area (Å²) in [5.74, 6) is -0.915. The van der Waals surface area contributed by atoms with Crippen LogP contribution in [0.15, 0.2) is 12.7 Å². The maximum absolute atomic E-state index is 11.6. The van der Waals surface area contributed by atoms with Crippen molar-refractivity contribution in [2.24, 2.45) is 0 Å². The van der Waals surface area contributed by atoms with E-state index in [0.717, 1.165) is 6.42 Å². The van der Waals surface area contributed by atoms with Gasteiger partial charge < -0.3 is 20.5 Å². The number of ether oxygens (including phenoxy) is 1. The zero-order valence-electron chi connectivity index (χ0n) is 11.6. The standard InChI is InChI=1S/C13H24N2O4/c1-4-6-11(8-12(16)17)15-13(18)14-9-10(3)19-7-5-2/h5,10-11H,2,4,6-9H2,1,3H3,(H,16,17)(H2,14,15,18). The van der Waals surface area contributed by atoms with Crippen molar-refractivity contribution in [2.75, 3.05) is 13.2 Å². The monoisotopic (exact) mass is 272 g/mol. The Bertz CT molecular complexity index is 294. The molecule has 6 heteroatoms. The minimum absolute atomic E-state index is 0.0657. The summed E-state index contributed by atoms with van der Waals surface area (Å²) in [5, 5.41) is 14.0. The van der Waals surface area contributed by atoms with E-state index in [2.05, 4.69) is 17.2 Å². The number of carboxylic acid groups (broad SMARTS) is 1. The summed E-state index contributed by atoms with van der Waals surface area (Å²) >= 11 is 0. The fraction of sp³-hybridized carbons (Fsp3) is 0.692. The topological polar surface area (TPSA) is 87.7 Å². The second-order valence-corrected chi connectivity index (χ2v) is 4.37. The van der Waals surface area contributed by atoms with Gasteiger partial charge in [0.05, 0.1) is 19.1 Å². The van der Waals surface area contributed by atoms with Crippen LogP contribution in [0, 0.1) is 0 Å². The Morgan fingerprint density at radius 2 is 2.16 bits per heavy atom. The highest BCUT2D eigenvalue weighted by Crippen LogP contribution is 2.01. The third kappa shape index (κ3) is 10.1. The van der Waals surface area contributed by atoms with Crippen LogP contribution in [0.25, 0.3) is 0 Å². The van der Waals surface area contributed by atoms with Crippen LogP contribution in [-0.2, 0) is 9.53 Å². The molecule has 0 aliphatic rings. The van der Waals surface area contributed by atoms with Crippen LogP contribution in [0.4, 0.5) is 4.79 Å². The fourth-order valence-electron chi connectivity index (χ4n) is 1.55. The molecule has 0 spiro atoms. The van der Waals surface area contributed by atoms with Crippen LogP contribution in [0.3, 0.4) is 0 Å². The first-order valence-corrected chi connectivity index (χ1v) is 6.48. The van der Waals surface area contributed by atoms with Crippen LogP contribution in [0.5, 0.6) is 0 Å². The van der Waals surface area contributed by atoms with Crippen molar-refractivity contribution in [3.8, 4) is 0 Å². The van der Waals surface area contributed by atoms with Gasteiger partial charge in [0, 0.05) is 12.6 Å². The molecule has 0 rings (SSSR count). The van der Waals surface area contributed by atoms with Crippen molar-refractivity contribution < 1.29 is 19.4 Å². The Labute approximate surface area is 114 Å². The number of carboxylic acids is 1. The number of hydrogen-bond donors (Lipinski definition) is 3. The zero-order valence-corrected chi connectivity index (χ0v) is 11.6. The molecule has 0 aromatic heterocycles. The molecule has 2 unspecified atom stereocenters. The lowest BCUT2D eigenvalue weighted by Gasteiger charge is -2.18. The first-order chi connectivity index (χ1) is 8.99. The number of amides is 2. The van der Waals surface area contributed by atoms with E-state index < -0.39 is 5.97 Å². The molecule has 0 saturated heterocycles. The van der Waals surface area contributed by atoms with Gasteiger partial charge in [-0.15, -0.1) is 6.58 Å². The molecular formula is C13H24N2O4. The van der Waals surface area contributed by atoms with E-state index in [-0.39, 0.29) is 24.6 Å². The van der Waals surface area contributed by atoms with Gasteiger partial charge in [0.15, 0.2) is 0 Å². The minimum atomic E-state index is -0.915. The normalized spacial score (nSPS) is 13.4. The highest BCUT2D eigenvalue weighted by atomic mass is 16.5. The number of rotatable bonds is 10. The average Bonchev–Trinajstić information content (AvgIpc) is 2.33. The SMILES string of the molecule is C=CCOC(C)CNC(=O)NC(CCC)CC(=O)O. The summed E-state index contributed by atoms with van der Waals surface area (Å²) in [6, 6.07) is -0.708. The maximum Gasteiger partial charge on any atom is 0.315 e. The van der Waals surface area contributed by atoms with Gasteiger partial charge in [0.25, 0.3) is 0 Å². The molecule has 6 nitrogen and oxygen atoms in total. The van der Waals surface area contributed by atoms with Crippen molar-refractivity contribution in [2.45, 2.75) is 45.3 Å².